The number of ether oxygens (including phenoxy) is 2. The van der Waals surface area contributed by atoms with Crippen molar-refractivity contribution in [2.45, 2.75) is 39.9 Å². The summed E-state index contributed by atoms with van der Waals surface area (Å²) in [5, 5.41) is 0. The van der Waals surface area contributed by atoms with Gasteiger partial charge in [0, 0.05) is 11.8 Å². The van der Waals surface area contributed by atoms with Gasteiger partial charge in [-0.25, -0.2) is 0 Å². The summed E-state index contributed by atoms with van der Waals surface area (Å²) in [6.07, 6.45) is 0.754. The lowest BCUT2D eigenvalue weighted by Gasteiger charge is -2.20. The first-order valence-electron chi connectivity index (χ1n) is 5.84. The van der Waals surface area contributed by atoms with Crippen molar-refractivity contribution in [3.05, 3.63) is 0 Å². The molecular formula is C12H22O2. The van der Waals surface area contributed by atoms with E-state index in [0.717, 1.165) is 13.2 Å². The van der Waals surface area contributed by atoms with Crippen LogP contribution in [0.15, 0.2) is 0 Å². The van der Waals surface area contributed by atoms with Crippen LogP contribution in [0.5, 0.6) is 0 Å². The molecule has 0 unspecified atom stereocenters. The highest BCUT2D eigenvalue weighted by Gasteiger charge is 2.48. The first-order valence-corrected chi connectivity index (χ1v) is 5.84. The lowest BCUT2D eigenvalue weighted by atomic mass is 9.85. The Hall–Kier alpha value is -0.0800. The van der Waals surface area contributed by atoms with Gasteiger partial charge in [-0.2, -0.15) is 0 Å². The first kappa shape index (κ1) is 10.4. The van der Waals surface area contributed by atoms with Crippen molar-refractivity contribution >= 4 is 0 Å². The van der Waals surface area contributed by atoms with E-state index >= 15 is 0 Å². The lowest BCUT2D eigenvalue weighted by molar-refractivity contribution is 0.0537. The van der Waals surface area contributed by atoms with Gasteiger partial charge >= 0.3 is 0 Å². The normalized spacial score (nSPS) is 42.4. The second kappa shape index (κ2) is 3.82. The third-order valence-electron chi connectivity index (χ3n) is 3.84. The zero-order valence-corrected chi connectivity index (χ0v) is 9.69. The Morgan fingerprint density at radius 3 is 1.43 bits per heavy atom. The Balaban J connectivity index is 2.04. The maximum Gasteiger partial charge on any atom is 0.0893 e. The molecule has 2 saturated heterocycles. The monoisotopic (exact) mass is 198 g/mol. The average Bonchev–Trinajstić information content (AvgIpc) is 2.59. The molecule has 0 aromatic rings. The van der Waals surface area contributed by atoms with Gasteiger partial charge in [-0.15, -0.1) is 0 Å². The van der Waals surface area contributed by atoms with Crippen LogP contribution in [0.25, 0.3) is 0 Å². The van der Waals surface area contributed by atoms with Gasteiger partial charge in [0.15, 0.2) is 0 Å². The van der Waals surface area contributed by atoms with E-state index in [1.165, 1.54) is 0 Å². The van der Waals surface area contributed by atoms with Gasteiger partial charge in [0.05, 0.1) is 25.4 Å². The smallest absolute Gasteiger partial charge is 0.0893 e. The third-order valence-corrected chi connectivity index (χ3v) is 3.84. The molecule has 0 radical (unpaired) electrons. The van der Waals surface area contributed by atoms with Crippen LogP contribution in [0.4, 0.5) is 0 Å². The van der Waals surface area contributed by atoms with E-state index in [0.29, 0.717) is 35.9 Å². The van der Waals surface area contributed by atoms with Crippen molar-refractivity contribution in [2.75, 3.05) is 13.2 Å². The maximum atomic E-state index is 5.90. The van der Waals surface area contributed by atoms with Gasteiger partial charge in [0.2, 0.25) is 0 Å². The summed E-state index contributed by atoms with van der Waals surface area (Å²) in [4.78, 5) is 0. The quantitative estimate of drug-likeness (QED) is 0.678. The topological polar surface area (TPSA) is 18.5 Å². The Kier molecular flexibility index (Phi) is 2.85. The molecule has 82 valence electrons. The summed E-state index contributed by atoms with van der Waals surface area (Å²) in [6, 6.07) is 0. The molecule has 0 aliphatic carbocycles. The van der Waals surface area contributed by atoms with Crippen LogP contribution in [0.1, 0.15) is 27.7 Å². The van der Waals surface area contributed by atoms with E-state index in [-0.39, 0.29) is 0 Å². The summed E-state index contributed by atoms with van der Waals surface area (Å²) in [7, 11) is 0. The molecule has 0 amide bonds. The predicted octanol–water partition coefficient (Wildman–Crippen LogP) is 2.33. The van der Waals surface area contributed by atoms with Crippen LogP contribution in [-0.4, -0.2) is 25.4 Å². The Morgan fingerprint density at radius 2 is 1.14 bits per heavy atom. The van der Waals surface area contributed by atoms with Crippen molar-refractivity contribution < 1.29 is 9.47 Å². The molecule has 14 heavy (non-hydrogen) atoms. The minimum Gasteiger partial charge on any atom is -0.375 e. The minimum absolute atomic E-state index is 0.377. The van der Waals surface area contributed by atoms with Gasteiger partial charge < -0.3 is 9.47 Å². The number of fused-ring (bicyclic) bond motifs is 1. The first-order chi connectivity index (χ1) is 6.61. The fraction of sp³-hybridized carbons (Fsp3) is 1.00. The fourth-order valence-corrected chi connectivity index (χ4v) is 2.70. The summed E-state index contributed by atoms with van der Waals surface area (Å²) in [5.41, 5.74) is 0. The number of rotatable bonds is 2. The molecular weight excluding hydrogens is 176 g/mol. The molecule has 2 nitrogen and oxygen atoms in total. The van der Waals surface area contributed by atoms with Crippen molar-refractivity contribution in [2.24, 2.45) is 23.7 Å². The molecule has 2 rings (SSSR count). The minimum atomic E-state index is 0.377. The van der Waals surface area contributed by atoms with E-state index in [1.54, 1.807) is 0 Å². The summed E-state index contributed by atoms with van der Waals surface area (Å²) >= 11 is 0. The molecule has 0 aromatic carbocycles. The van der Waals surface area contributed by atoms with E-state index in [2.05, 4.69) is 27.7 Å². The molecule has 2 heteroatoms. The second-order valence-electron chi connectivity index (χ2n) is 5.41. The second-order valence-corrected chi connectivity index (χ2v) is 5.41. The highest BCUT2D eigenvalue weighted by Crippen LogP contribution is 2.40. The highest BCUT2D eigenvalue weighted by atomic mass is 16.6. The van der Waals surface area contributed by atoms with Gasteiger partial charge in [-0.1, -0.05) is 27.7 Å². The summed E-state index contributed by atoms with van der Waals surface area (Å²) < 4.78 is 11.8. The van der Waals surface area contributed by atoms with Crippen molar-refractivity contribution in [3.8, 4) is 0 Å². The van der Waals surface area contributed by atoms with Crippen LogP contribution in [0, 0.1) is 23.7 Å². The van der Waals surface area contributed by atoms with Crippen LogP contribution in [0.3, 0.4) is 0 Å². The average molecular weight is 198 g/mol. The standard InChI is InChI=1S/C12H22O2/c1-7(2)9-5-13-12-10(8(3)4)6-14-11(9)12/h7-12H,5-6H2,1-4H3/t9-,10+,11-,12-/m1/s1. The van der Waals surface area contributed by atoms with E-state index in [9.17, 15) is 0 Å². The molecule has 4 atom stereocenters. The van der Waals surface area contributed by atoms with Crippen LogP contribution >= 0.6 is 0 Å². The maximum absolute atomic E-state index is 5.90. The fourth-order valence-electron chi connectivity index (χ4n) is 2.70. The molecule has 2 aliphatic heterocycles. The Bertz CT molecular complexity index is 178. The van der Waals surface area contributed by atoms with Crippen LogP contribution in [-0.2, 0) is 9.47 Å². The molecule has 0 saturated carbocycles. The Labute approximate surface area is 87.0 Å². The predicted molar refractivity (Wildman–Crippen MR) is 56.1 cm³/mol. The summed E-state index contributed by atoms with van der Waals surface area (Å²) in [6.45, 7) is 10.9. The Morgan fingerprint density at radius 1 is 0.786 bits per heavy atom. The van der Waals surface area contributed by atoms with E-state index < -0.39 is 0 Å². The molecule has 0 spiro atoms. The summed E-state index contributed by atoms with van der Waals surface area (Å²) in [5.74, 6) is 2.58. The lowest BCUT2D eigenvalue weighted by Crippen LogP contribution is -2.30. The molecule has 2 heterocycles. The van der Waals surface area contributed by atoms with Gasteiger partial charge in [0.25, 0.3) is 0 Å². The number of hydrogen-bond donors (Lipinski definition) is 0. The van der Waals surface area contributed by atoms with Crippen molar-refractivity contribution in [1.82, 2.24) is 0 Å². The molecule has 0 bridgehead atoms. The van der Waals surface area contributed by atoms with Gasteiger partial charge in [0.1, 0.15) is 0 Å². The SMILES string of the molecule is CC(C)[C@H]1CO[C@H]2[C@@H]1OC[C@H]2C(C)C. The zero-order chi connectivity index (χ0) is 10.3. The van der Waals surface area contributed by atoms with Crippen molar-refractivity contribution in [3.63, 3.8) is 0 Å². The molecule has 0 aromatic heterocycles. The van der Waals surface area contributed by atoms with Crippen LogP contribution in [0.2, 0.25) is 0 Å². The van der Waals surface area contributed by atoms with Gasteiger partial charge in [-0.05, 0) is 11.8 Å². The number of hydrogen-bond acceptors (Lipinski definition) is 2. The van der Waals surface area contributed by atoms with Crippen LogP contribution < -0.4 is 0 Å². The van der Waals surface area contributed by atoms with Crippen molar-refractivity contribution in [1.29, 1.82) is 0 Å². The van der Waals surface area contributed by atoms with Gasteiger partial charge in [-0.3, -0.25) is 0 Å². The largest absolute Gasteiger partial charge is 0.375 e. The molecule has 2 aliphatic rings. The molecule has 0 N–H and O–H groups in total. The zero-order valence-electron chi connectivity index (χ0n) is 9.69. The van der Waals surface area contributed by atoms with E-state index in [4.69, 9.17) is 9.47 Å². The third kappa shape index (κ3) is 1.59. The molecule has 2 fully saturated rings. The van der Waals surface area contributed by atoms with E-state index in [1.807, 2.05) is 0 Å². The highest BCUT2D eigenvalue weighted by molar-refractivity contribution is 4.95.